The van der Waals surface area contributed by atoms with Crippen LogP contribution in [0.2, 0.25) is 0 Å². The van der Waals surface area contributed by atoms with E-state index in [9.17, 15) is 17.6 Å². The molecule has 0 saturated heterocycles. The zero-order chi connectivity index (χ0) is 15.6. The lowest BCUT2D eigenvalue weighted by Gasteiger charge is -2.16. The lowest BCUT2D eigenvalue weighted by molar-refractivity contribution is -0.137. The summed E-state index contributed by atoms with van der Waals surface area (Å²) in [5.74, 6) is -0.182. The van der Waals surface area contributed by atoms with Crippen LogP contribution < -0.4 is 10.5 Å². The first-order valence-electron chi connectivity index (χ1n) is 5.95. The van der Waals surface area contributed by atoms with Crippen LogP contribution in [0.4, 0.5) is 17.6 Å². The van der Waals surface area contributed by atoms with Gasteiger partial charge in [-0.1, -0.05) is 0 Å². The number of methoxy groups -OCH3 is 1. The second kappa shape index (κ2) is 5.69. The zero-order valence-electron chi connectivity index (χ0n) is 11.0. The number of halogens is 4. The second-order valence-corrected chi connectivity index (χ2v) is 4.33. The third-order valence-electron chi connectivity index (χ3n) is 2.96. The molecular formula is C14H12F4N2O. The van der Waals surface area contributed by atoms with Crippen molar-refractivity contribution in [1.29, 1.82) is 0 Å². The Hall–Kier alpha value is -2.15. The molecule has 1 aromatic carbocycles. The van der Waals surface area contributed by atoms with Crippen molar-refractivity contribution in [3.63, 3.8) is 0 Å². The van der Waals surface area contributed by atoms with Crippen LogP contribution in [0.3, 0.4) is 0 Å². The summed E-state index contributed by atoms with van der Waals surface area (Å²) in [5.41, 5.74) is 5.56. The Morgan fingerprint density at radius 3 is 2.43 bits per heavy atom. The van der Waals surface area contributed by atoms with Crippen molar-refractivity contribution in [3.8, 4) is 5.75 Å². The van der Waals surface area contributed by atoms with Gasteiger partial charge in [0, 0.05) is 11.8 Å². The number of benzene rings is 1. The molecule has 0 spiro atoms. The molecule has 0 aliphatic rings. The Labute approximate surface area is 118 Å². The molecule has 3 nitrogen and oxygen atoms in total. The molecule has 2 aromatic rings. The van der Waals surface area contributed by atoms with E-state index in [0.29, 0.717) is 17.5 Å². The molecule has 0 bridgehead atoms. The van der Waals surface area contributed by atoms with Crippen molar-refractivity contribution in [2.75, 3.05) is 7.11 Å². The molecule has 1 heterocycles. The number of hydrogen-bond acceptors (Lipinski definition) is 3. The first-order chi connectivity index (χ1) is 9.82. The smallest absolute Gasteiger partial charge is 0.417 e. The predicted octanol–water partition coefficient (Wildman–Crippen LogP) is 3.30. The molecule has 2 N–H and O–H groups in total. The minimum absolute atomic E-state index is 0.187. The fourth-order valence-corrected chi connectivity index (χ4v) is 1.86. The van der Waals surface area contributed by atoms with E-state index in [1.807, 2.05) is 0 Å². The molecule has 1 aromatic heterocycles. The Bertz CT molecular complexity index is 626. The minimum Gasteiger partial charge on any atom is -0.496 e. The number of aromatic nitrogens is 1. The maximum Gasteiger partial charge on any atom is 0.417 e. The summed E-state index contributed by atoms with van der Waals surface area (Å²) in [4.78, 5) is 3.70. The van der Waals surface area contributed by atoms with E-state index >= 15 is 0 Å². The van der Waals surface area contributed by atoms with Crippen LogP contribution in [0, 0.1) is 5.82 Å². The van der Waals surface area contributed by atoms with Gasteiger partial charge in [-0.05, 0) is 30.3 Å². The normalized spacial score (nSPS) is 13.0. The van der Waals surface area contributed by atoms with Crippen molar-refractivity contribution >= 4 is 0 Å². The third-order valence-corrected chi connectivity index (χ3v) is 2.96. The Balaban J connectivity index is 2.36. The molecule has 21 heavy (non-hydrogen) atoms. The summed E-state index contributed by atoms with van der Waals surface area (Å²) in [7, 11) is 1.39. The molecule has 1 unspecified atom stereocenters. The molecule has 0 radical (unpaired) electrons. The van der Waals surface area contributed by atoms with Crippen molar-refractivity contribution in [2.24, 2.45) is 5.73 Å². The van der Waals surface area contributed by atoms with Gasteiger partial charge in [0.15, 0.2) is 0 Å². The first kappa shape index (κ1) is 15.2. The maximum atomic E-state index is 13.3. The van der Waals surface area contributed by atoms with E-state index in [1.54, 1.807) is 0 Å². The Morgan fingerprint density at radius 1 is 1.19 bits per heavy atom. The van der Waals surface area contributed by atoms with Crippen LogP contribution in [0.25, 0.3) is 0 Å². The van der Waals surface area contributed by atoms with Gasteiger partial charge in [-0.25, -0.2) is 4.39 Å². The van der Waals surface area contributed by atoms with E-state index in [1.165, 1.54) is 25.3 Å². The van der Waals surface area contributed by atoms with Crippen molar-refractivity contribution in [1.82, 2.24) is 4.98 Å². The van der Waals surface area contributed by atoms with Gasteiger partial charge in [0.05, 0.1) is 24.4 Å². The number of pyridine rings is 1. The van der Waals surface area contributed by atoms with Crippen LogP contribution in [0.15, 0.2) is 36.5 Å². The average Bonchev–Trinajstić information content (AvgIpc) is 2.45. The number of rotatable bonds is 3. The lowest BCUT2D eigenvalue weighted by Crippen LogP contribution is -2.16. The van der Waals surface area contributed by atoms with Crippen LogP contribution in [-0.4, -0.2) is 12.1 Å². The summed E-state index contributed by atoms with van der Waals surface area (Å²) in [6, 6.07) is 4.93. The zero-order valence-corrected chi connectivity index (χ0v) is 11.0. The fraction of sp³-hybridized carbons (Fsp3) is 0.214. The highest BCUT2D eigenvalue weighted by molar-refractivity contribution is 5.40. The van der Waals surface area contributed by atoms with Gasteiger partial charge < -0.3 is 10.5 Å². The van der Waals surface area contributed by atoms with E-state index in [4.69, 9.17) is 10.5 Å². The molecule has 0 amide bonds. The molecular weight excluding hydrogens is 288 g/mol. The summed E-state index contributed by atoms with van der Waals surface area (Å²) >= 11 is 0. The molecule has 0 aliphatic carbocycles. The van der Waals surface area contributed by atoms with E-state index in [2.05, 4.69) is 4.98 Å². The minimum atomic E-state index is -4.47. The molecule has 0 aliphatic heterocycles. The van der Waals surface area contributed by atoms with Crippen LogP contribution in [-0.2, 0) is 6.18 Å². The topological polar surface area (TPSA) is 48.1 Å². The highest BCUT2D eigenvalue weighted by Gasteiger charge is 2.31. The number of ether oxygens (including phenoxy) is 1. The average molecular weight is 300 g/mol. The molecule has 0 saturated carbocycles. The lowest BCUT2D eigenvalue weighted by atomic mass is 10.0. The standard InChI is InChI=1S/C14H12F4N2O/c1-21-12-5-3-9(15)6-10(12)13(19)11-4-2-8(7-20-11)14(16,17)18/h2-7,13H,19H2,1H3. The number of nitrogens with zero attached hydrogens (tertiary/aromatic N) is 1. The molecule has 112 valence electrons. The van der Waals surface area contributed by atoms with Crippen molar-refractivity contribution in [2.45, 2.75) is 12.2 Å². The SMILES string of the molecule is COc1ccc(F)cc1C(N)c1ccc(C(F)(F)F)cn1. The molecule has 7 heteroatoms. The van der Waals surface area contributed by atoms with Crippen LogP contribution in [0.1, 0.15) is 22.9 Å². The number of alkyl halides is 3. The highest BCUT2D eigenvalue weighted by Crippen LogP contribution is 2.31. The second-order valence-electron chi connectivity index (χ2n) is 4.33. The highest BCUT2D eigenvalue weighted by atomic mass is 19.4. The Kier molecular flexibility index (Phi) is 4.13. The van der Waals surface area contributed by atoms with Crippen molar-refractivity contribution in [3.05, 3.63) is 59.2 Å². The largest absolute Gasteiger partial charge is 0.496 e. The fourth-order valence-electron chi connectivity index (χ4n) is 1.86. The van der Waals surface area contributed by atoms with Gasteiger partial charge in [0.2, 0.25) is 0 Å². The van der Waals surface area contributed by atoms with Gasteiger partial charge in [0.25, 0.3) is 0 Å². The van der Waals surface area contributed by atoms with Gasteiger partial charge >= 0.3 is 6.18 Å². The third kappa shape index (κ3) is 3.30. The molecule has 1 atom stereocenters. The van der Waals surface area contributed by atoms with Gasteiger partial charge in [-0.15, -0.1) is 0 Å². The first-order valence-corrected chi connectivity index (χ1v) is 5.95. The molecule has 0 fully saturated rings. The van der Waals surface area contributed by atoms with E-state index in [-0.39, 0.29) is 5.69 Å². The monoisotopic (exact) mass is 300 g/mol. The summed E-state index contributed by atoms with van der Waals surface area (Å²) < 4.78 is 55.8. The number of hydrogen-bond donors (Lipinski definition) is 1. The van der Waals surface area contributed by atoms with Crippen LogP contribution in [0.5, 0.6) is 5.75 Å². The van der Waals surface area contributed by atoms with Crippen molar-refractivity contribution < 1.29 is 22.3 Å². The molecule has 2 rings (SSSR count). The number of nitrogens with two attached hydrogens (primary N) is 1. The van der Waals surface area contributed by atoms with Gasteiger partial charge in [-0.3, -0.25) is 4.98 Å². The summed E-state index contributed by atoms with van der Waals surface area (Å²) in [5, 5.41) is 0. The van der Waals surface area contributed by atoms with Gasteiger partial charge in [0.1, 0.15) is 11.6 Å². The quantitative estimate of drug-likeness (QED) is 0.885. The Morgan fingerprint density at radius 2 is 1.90 bits per heavy atom. The maximum absolute atomic E-state index is 13.3. The predicted molar refractivity (Wildman–Crippen MR) is 68.2 cm³/mol. The summed E-state index contributed by atoms with van der Waals surface area (Å²) in [6.45, 7) is 0. The van der Waals surface area contributed by atoms with Gasteiger partial charge in [-0.2, -0.15) is 13.2 Å². The summed E-state index contributed by atoms with van der Waals surface area (Å²) in [6.07, 6.45) is -3.77. The van der Waals surface area contributed by atoms with E-state index in [0.717, 1.165) is 12.1 Å². The van der Waals surface area contributed by atoms with E-state index < -0.39 is 23.6 Å². The van der Waals surface area contributed by atoms with Crippen LogP contribution >= 0.6 is 0 Å².